The number of halogens is 1. The highest BCUT2D eigenvalue weighted by Crippen LogP contribution is 2.33. The monoisotopic (exact) mass is 488 g/mol. The summed E-state index contributed by atoms with van der Waals surface area (Å²) in [7, 11) is 0. The summed E-state index contributed by atoms with van der Waals surface area (Å²) in [4.78, 5) is 40.6. The second-order valence-electron chi connectivity index (χ2n) is 7.54. The number of benzene rings is 1. The number of likely N-dealkylation sites (tertiary alicyclic amines) is 1. The number of piperidine rings is 1. The van der Waals surface area contributed by atoms with E-state index in [1.807, 2.05) is 30.3 Å². The van der Waals surface area contributed by atoms with Gasteiger partial charge in [0.05, 0.1) is 4.91 Å². The van der Waals surface area contributed by atoms with E-state index >= 15 is 0 Å². The van der Waals surface area contributed by atoms with Crippen LogP contribution in [0.5, 0.6) is 0 Å². The third-order valence-electron chi connectivity index (χ3n) is 5.33. The fraction of sp³-hybridized carbons (Fsp3) is 0.318. The fourth-order valence-electron chi connectivity index (χ4n) is 3.46. The summed E-state index contributed by atoms with van der Waals surface area (Å²) in [5.74, 6) is 1.12. The molecule has 156 valence electrons. The van der Waals surface area contributed by atoms with Gasteiger partial charge in [-0.25, -0.2) is 0 Å². The highest BCUT2D eigenvalue weighted by Gasteiger charge is 2.37. The minimum absolute atomic E-state index is 0.180. The van der Waals surface area contributed by atoms with Gasteiger partial charge in [-0.15, -0.1) is 0 Å². The molecule has 0 N–H and O–H groups in total. The number of hydrogen-bond acceptors (Lipinski definition) is 5. The Labute approximate surface area is 187 Å². The molecule has 3 amide bonds. The molecular weight excluding hydrogens is 468 g/mol. The van der Waals surface area contributed by atoms with Crippen LogP contribution in [0.3, 0.4) is 0 Å². The first-order valence-corrected chi connectivity index (χ1v) is 11.4. The molecule has 0 spiro atoms. The number of carbonyl (C=O) groups is 3. The van der Waals surface area contributed by atoms with Gasteiger partial charge in [0.15, 0.2) is 0 Å². The Bertz CT molecular complexity index is 1010. The van der Waals surface area contributed by atoms with Crippen LogP contribution in [0.1, 0.15) is 25.5 Å². The number of amides is 3. The van der Waals surface area contributed by atoms with Gasteiger partial charge in [-0.05, 0) is 54.8 Å². The third kappa shape index (κ3) is 4.54. The molecule has 4 rings (SSSR count). The van der Waals surface area contributed by atoms with E-state index in [-0.39, 0.29) is 17.4 Å². The average Bonchev–Trinajstić information content (AvgIpc) is 3.29. The lowest BCUT2D eigenvalue weighted by Gasteiger charge is -2.31. The minimum atomic E-state index is -0.453. The van der Waals surface area contributed by atoms with Gasteiger partial charge < -0.3 is 9.32 Å². The molecule has 3 heterocycles. The molecular formula is C22H21BrN2O4S. The van der Waals surface area contributed by atoms with Crippen molar-refractivity contribution in [1.82, 2.24) is 9.80 Å². The Morgan fingerprint density at radius 1 is 1.17 bits per heavy atom. The lowest BCUT2D eigenvalue weighted by molar-refractivity contribution is -0.136. The van der Waals surface area contributed by atoms with E-state index in [1.165, 1.54) is 0 Å². The van der Waals surface area contributed by atoms with Crippen LogP contribution < -0.4 is 0 Å². The average molecular weight is 489 g/mol. The topological polar surface area (TPSA) is 70.8 Å². The Hall–Kier alpha value is -2.32. The molecule has 2 aliphatic heterocycles. The third-order valence-corrected chi connectivity index (χ3v) is 6.77. The molecule has 30 heavy (non-hydrogen) atoms. The van der Waals surface area contributed by atoms with Crippen molar-refractivity contribution in [2.75, 3.05) is 19.6 Å². The standard InChI is InChI=1S/C22H21BrN2O4S/c1-14-8-10-24(11-9-14)20(26)13-25-21(27)19(30-22(25)28)12-17-6-7-18(29-17)15-2-4-16(23)5-3-15/h2-7,12,14H,8-11,13H2,1H3/b19-12+. The highest BCUT2D eigenvalue weighted by atomic mass is 79.9. The summed E-state index contributed by atoms with van der Waals surface area (Å²) >= 11 is 4.23. The molecule has 0 atom stereocenters. The normalized spacial score (nSPS) is 19.2. The van der Waals surface area contributed by atoms with Crippen molar-refractivity contribution in [3.63, 3.8) is 0 Å². The van der Waals surface area contributed by atoms with Crippen LogP contribution in [0.2, 0.25) is 0 Å². The van der Waals surface area contributed by atoms with E-state index in [1.54, 1.807) is 17.0 Å². The van der Waals surface area contributed by atoms with Crippen molar-refractivity contribution in [3.8, 4) is 11.3 Å². The summed E-state index contributed by atoms with van der Waals surface area (Å²) < 4.78 is 6.79. The van der Waals surface area contributed by atoms with Crippen molar-refractivity contribution in [1.29, 1.82) is 0 Å². The Kier molecular flexibility index (Phi) is 6.15. The first-order chi connectivity index (χ1) is 14.4. The summed E-state index contributed by atoms with van der Waals surface area (Å²) in [5.41, 5.74) is 0.910. The molecule has 0 bridgehead atoms. The van der Waals surface area contributed by atoms with Gasteiger partial charge in [0.2, 0.25) is 5.91 Å². The van der Waals surface area contributed by atoms with Crippen molar-refractivity contribution in [2.24, 2.45) is 5.92 Å². The van der Waals surface area contributed by atoms with Crippen molar-refractivity contribution >= 4 is 50.8 Å². The molecule has 0 unspecified atom stereocenters. The molecule has 1 aromatic heterocycles. The van der Waals surface area contributed by atoms with Crippen molar-refractivity contribution < 1.29 is 18.8 Å². The number of thioether (sulfide) groups is 1. The Morgan fingerprint density at radius 3 is 2.57 bits per heavy atom. The maximum Gasteiger partial charge on any atom is 0.294 e. The zero-order valence-corrected chi connectivity index (χ0v) is 18.9. The molecule has 2 saturated heterocycles. The Balaban J connectivity index is 1.44. The summed E-state index contributed by atoms with van der Waals surface area (Å²) in [6, 6.07) is 11.3. The molecule has 0 saturated carbocycles. The molecule has 6 nitrogen and oxygen atoms in total. The van der Waals surface area contributed by atoms with Gasteiger partial charge >= 0.3 is 0 Å². The molecule has 2 aromatic rings. The van der Waals surface area contributed by atoms with Gasteiger partial charge in [0.25, 0.3) is 11.1 Å². The lowest BCUT2D eigenvalue weighted by Crippen LogP contribution is -2.45. The smallest absolute Gasteiger partial charge is 0.294 e. The van der Waals surface area contributed by atoms with Crippen LogP contribution in [-0.2, 0) is 9.59 Å². The molecule has 0 radical (unpaired) electrons. The predicted octanol–water partition coefficient (Wildman–Crippen LogP) is 5.00. The van der Waals surface area contributed by atoms with Crippen LogP contribution in [0.15, 0.2) is 50.2 Å². The van der Waals surface area contributed by atoms with Crippen LogP contribution >= 0.6 is 27.7 Å². The maximum atomic E-state index is 12.7. The number of furan rings is 1. The first kappa shape index (κ1) is 20.9. The number of hydrogen-bond donors (Lipinski definition) is 0. The predicted molar refractivity (Wildman–Crippen MR) is 119 cm³/mol. The molecule has 2 fully saturated rings. The van der Waals surface area contributed by atoms with Crippen LogP contribution in [0, 0.1) is 5.92 Å². The molecule has 2 aliphatic rings. The fourth-order valence-corrected chi connectivity index (χ4v) is 4.54. The zero-order chi connectivity index (χ0) is 21.3. The molecule has 8 heteroatoms. The SMILES string of the molecule is CC1CCN(C(=O)CN2C(=O)S/C(=C/c3ccc(-c4ccc(Br)cc4)o3)C2=O)CC1. The minimum Gasteiger partial charge on any atom is -0.457 e. The summed E-state index contributed by atoms with van der Waals surface area (Å²) in [6.45, 7) is 3.31. The zero-order valence-electron chi connectivity index (χ0n) is 16.5. The van der Waals surface area contributed by atoms with Crippen molar-refractivity contribution in [3.05, 3.63) is 51.5 Å². The van der Waals surface area contributed by atoms with E-state index in [2.05, 4.69) is 22.9 Å². The van der Waals surface area contributed by atoms with Crippen LogP contribution in [-0.4, -0.2) is 46.5 Å². The first-order valence-electron chi connectivity index (χ1n) is 9.79. The van der Waals surface area contributed by atoms with E-state index in [0.29, 0.717) is 30.5 Å². The van der Waals surface area contributed by atoms with Gasteiger partial charge in [-0.2, -0.15) is 0 Å². The quantitative estimate of drug-likeness (QED) is 0.566. The number of imide groups is 1. The molecule has 1 aromatic carbocycles. The number of rotatable bonds is 4. The lowest BCUT2D eigenvalue weighted by atomic mass is 9.99. The summed E-state index contributed by atoms with van der Waals surface area (Å²) in [6.07, 6.45) is 3.46. The van der Waals surface area contributed by atoms with Gasteiger partial charge in [-0.3, -0.25) is 19.3 Å². The Morgan fingerprint density at radius 2 is 1.87 bits per heavy atom. The number of nitrogens with zero attached hydrogens (tertiary/aromatic N) is 2. The van der Waals surface area contributed by atoms with E-state index in [9.17, 15) is 14.4 Å². The van der Waals surface area contributed by atoms with E-state index < -0.39 is 11.1 Å². The summed E-state index contributed by atoms with van der Waals surface area (Å²) in [5, 5.41) is -0.426. The maximum absolute atomic E-state index is 12.7. The highest BCUT2D eigenvalue weighted by molar-refractivity contribution is 9.10. The van der Waals surface area contributed by atoms with E-state index in [4.69, 9.17) is 4.42 Å². The molecule has 0 aliphatic carbocycles. The van der Waals surface area contributed by atoms with Gasteiger partial charge in [0.1, 0.15) is 18.1 Å². The van der Waals surface area contributed by atoms with Gasteiger partial charge in [-0.1, -0.05) is 35.0 Å². The largest absolute Gasteiger partial charge is 0.457 e. The van der Waals surface area contributed by atoms with E-state index in [0.717, 1.165) is 39.5 Å². The van der Waals surface area contributed by atoms with Crippen LogP contribution in [0.25, 0.3) is 17.4 Å². The number of carbonyl (C=O) groups excluding carboxylic acids is 3. The second kappa shape index (κ2) is 8.81. The van der Waals surface area contributed by atoms with Gasteiger partial charge in [0, 0.05) is 29.2 Å². The van der Waals surface area contributed by atoms with Crippen LogP contribution in [0.4, 0.5) is 4.79 Å². The van der Waals surface area contributed by atoms with Crippen molar-refractivity contribution in [2.45, 2.75) is 19.8 Å². The second-order valence-corrected chi connectivity index (χ2v) is 9.45.